The molecule has 1 saturated heterocycles. The van der Waals surface area contributed by atoms with Crippen molar-refractivity contribution in [1.82, 2.24) is 5.32 Å². The van der Waals surface area contributed by atoms with Crippen LogP contribution in [0.15, 0.2) is 0 Å². The minimum Gasteiger partial charge on any atom is -0.381 e. The molecule has 1 aliphatic heterocycles. The van der Waals surface area contributed by atoms with Crippen LogP contribution in [0.25, 0.3) is 0 Å². The second-order valence-corrected chi connectivity index (χ2v) is 6.27. The average molecular weight is 253 g/mol. The van der Waals surface area contributed by atoms with Crippen molar-refractivity contribution >= 4 is 0 Å². The van der Waals surface area contributed by atoms with E-state index in [-0.39, 0.29) is 0 Å². The van der Waals surface area contributed by atoms with Gasteiger partial charge in [-0.3, -0.25) is 0 Å². The van der Waals surface area contributed by atoms with Crippen molar-refractivity contribution in [3.63, 3.8) is 0 Å². The first-order valence-electron chi connectivity index (χ1n) is 8.19. The largest absolute Gasteiger partial charge is 0.381 e. The Hall–Kier alpha value is -0.0800. The lowest BCUT2D eigenvalue weighted by Gasteiger charge is -2.22. The highest BCUT2D eigenvalue weighted by atomic mass is 16.5. The molecule has 1 aliphatic carbocycles. The number of nitrogens with one attached hydrogen (secondary N) is 1. The third kappa shape index (κ3) is 5.71. The monoisotopic (exact) mass is 253 g/mol. The summed E-state index contributed by atoms with van der Waals surface area (Å²) >= 11 is 0. The summed E-state index contributed by atoms with van der Waals surface area (Å²) < 4.78 is 5.42. The van der Waals surface area contributed by atoms with Crippen LogP contribution in [0.3, 0.4) is 0 Å². The van der Waals surface area contributed by atoms with E-state index in [1.807, 2.05) is 0 Å². The molecule has 1 heterocycles. The quantitative estimate of drug-likeness (QED) is 0.632. The molecule has 1 unspecified atom stereocenters. The summed E-state index contributed by atoms with van der Waals surface area (Å²) in [5.41, 5.74) is 0. The molecular weight excluding hydrogens is 222 g/mol. The predicted molar refractivity (Wildman–Crippen MR) is 76.8 cm³/mol. The van der Waals surface area contributed by atoms with Crippen LogP contribution < -0.4 is 5.32 Å². The zero-order valence-electron chi connectivity index (χ0n) is 12.1. The van der Waals surface area contributed by atoms with E-state index in [1.54, 1.807) is 0 Å². The van der Waals surface area contributed by atoms with Gasteiger partial charge in [0.25, 0.3) is 0 Å². The third-order valence-electron chi connectivity index (χ3n) is 4.56. The number of unbranched alkanes of at least 4 members (excludes halogenated alkanes) is 1. The molecule has 0 amide bonds. The topological polar surface area (TPSA) is 21.3 Å². The summed E-state index contributed by atoms with van der Waals surface area (Å²) in [5, 5.41) is 3.67. The van der Waals surface area contributed by atoms with Gasteiger partial charge < -0.3 is 10.1 Å². The van der Waals surface area contributed by atoms with Crippen LogP contribution in [0.5, 0.6) is 0 Å². The molecule has 0 bridgehead atoms. The number of ether oxygens (including phenoxy) is 1. The molecule has 2 aliphatic rings. The minimum absolute atomic E-state index is 0.803. The Morgan fingerprint density at radius 3 is 2.50 bits per heavy atom. The maximum atomic E-state index is 5.42. The van der Waals surface area contributed by atoms with E-state index in [1.165, 1.54) is 57.8 Å². The normalized spacial score (nSPS) is 23.2. The van der Waals surface area contributed by atoms with Crippen molar-refractivity contribution in [2.45, 2.75) is 70.8 Å². The first-order valence-corrected chi connectivity index (χ1v) is 8.19. The van der Waals surface area contributed by atoms with E-state index in [0.29, 0.717) is 0 Å². The van der Waals surface area contributed by atoms with Gasteiger partial charge >= 0.3 is 0 Å². The van der Waals surface area contributed by atoms with Crippen LogP contribution in [-0.2, 0) is 4.74 Å². The van der Waals surface area contributed by atoms with Gasteiger partial charge in [-0.15, -0.1) is 0 Å². The van der Waals surface area contributed by atoms with Gasteiger partial charge in [-0.1, -0.05) is 39.0 Å². The van der Waals surface area contributed by atoms with E-state index >= 15 is 0 Å². The molecule has 1 atom stereocenters. The van der Waals surface area contributed by atoms with E-state index in [2.05, 4.69) is 12.2 Å². The molecule has 0 aromatic carbocycles. The number of hydrogen-bond donors (Lipinski definition) is 1. The summed E-state index contributed by atoms with van der Waals surface area (Å²) in [5.74, 6) is 2.02. The van der Waals surface area contributed by atoms with Crippen molar-refractivity contribution in [3.8, 4) is 0 Å². The van der Waals surface area contributed by atoms with Crippen molar-refractivity contribution in [2.24, 2.45) is 11.8 Å². The highest BCUT2D eigenvalue weighted by Crippen LogP contribution is 2.34. The highest BCUT2D eigenvalue weighted by Gasteiger charge is 2.24. The van der Waals surface area contributed by atoms with E-state index in [9.17, 15) is 0 Å². The zero-order valence-corrected chi connectivity index (χ0v) is 12.1. The first-order chi connectivity index (χ1) is 8.88. The Morgan fingerprint density at radius 2 is 1.83 bits per heavy atom. The van der Waals surface area contributed by atoms with Crippen molar-refractivity contribution in [2.75, 3.05) is 19.8 Å². The Morgan fingerprint density at radius 1 is 1.06 bits per heavy atom. The Kier molecular flexibility index (Phi) is 6.50. The fourth-order valence-electron chi connectivity index (χ4n) is 3.21. The second kappa shape index (κ2) is 8.16. The highest BCUT2D eigenvalue weighted by molar-refractivity contribution is 4.80. The van der Waals surface area contributed by atoms with E-state index in [0.717, 1.165) is 37.6 Å². The van der Waals surface area contributed by atoms with Gasteiger partial charge in [0.05, 0.1) is 0 Å². The lowest BCUT2D eigenvalue weighted by Crippen LogP contribution is -2.29. The molecule has 2 rings (SSSR count). The molecule has 0 aromatic rings. The van der Waals surface area contributed by atoms with E-state index < -0.39 is 0 Å². The number of rotatable bonds is 9. The Balaban J connectivity index is 1.51. The molecule has 0 aromatic heterocycles. The molecule has 2 nitrogen and oxygen atoms in total. The predicted octanol–water partition coefficient (Wildman–Crippen LogP) is 3.75. The fraction of sp³-hybridized carbons (Fsp3) is 1.00. The van der Waals surface area contributed by atoms with Gasteiger partial charge in [-0.2, -0.15) is 0 Å². The van der Waals surface area contributed by atoms with Gasteiger partial charge in [-0.25, -0.2) is 0 Å². The van der Waals surface area contributed by atoms with Crippen molar-refractivity contribution in [1.29, 1.82) is 0 Å². The first kappa shape index (κ1) is 14.3. The van der Waals surface area contributed by atoms with Crippen LogP contribution in [0.2, 0.25) is 0 Å². The molecule has 2 heteroatoms. The Labute approximate surface area is 113 Å². The van der Waals surface area contributed by atoms with Gasteiger partial charge in [0.2, 0.25) is 0 Å². The van der Waals surface area contributed by atoms with Gasteiger partial charge in [-0.05, 0) is 44.1 Å². The fourth-order valence-corrected chi connectivity index (χ4v) is 3.21. The van der Waals surface area contributed by atoms with Crippen LogP contribution in [0.1, 0.15) is 64.7 Å². The summed E-state index contributed by atoms with van der Waals surface area (Å²) in [7, 11) is 0. The van der Waals surface area contributed by atoms with Crippen molar-refractivity contribution in [3.05, 3.63) is 0 Å². The number of hydrogen-bond acceptors (Lipinski definition) is 2. The molecule has 2 fully saturated rings. The average Bonchev–Trinajstić information content (AvgIpc) is 3.20. The Bertz CT molecular complexity index is 209. The van der Waals surface area contributed by atoms with Crippen LogP contribution in [-0.4, -0.2) is 25.8 Å². The maximum absolute atomic E-state index is 5.42. The molecule has 106 valence electrons. The molecule has 18 heavy (non-hydrogen) atoms. The molecule has 0 spiro atoms. The van der Waals surface area contributed by atoms with Gasteiger partial charge in [0.1, 0.15) is 0 Å². The van der Waals surface area contributed by atoms with Crippen LogP contribution in [0, 0.1) is 11.8 Å². The zero-order chi connectivity index (χ0) is 12.6. The molecule has 1 N–H and O–H groups in total. The van der Waals surface area contributed by atoms with Gasteiger partial charge in [0, 0.05) is 19.3 Å². The lowest BCUT2D eigenvalue weighted by molar-refractivity contribution is 0.0630. The standard InChI is InChI=1S/C16H31NO/c1-2-17-16(13-15-7-8-15)6-4-3-5-14-9-11-18-12-10-14/h14-17H,2-13H2,1H3. The molecule has 0 radical (unpaired) electrons. The van der Waals surface area contributed by atoms with Crippen molar-refractivity contribution < 1.29 is 4.74 Å². The summed E-state index contributed by atoms with van der Waals surface area (Å²) in [6.45, 7) is 5.39. The SMILES string of the molecule is CCNC(CCCCC1CCOCC1)CC1CC1. The maximum Gasteiger partial charge on any atom is 0.0468 e. The molecular formula is C16H31NO. The molecule has 1 saturated carbocycles. The second-order valence-electron chi connectivity index (χ2n) is 6.27. The van der Waals surface area contributed by atoms with E-state index in [4.69, 9.17) is 4.74 Å². The minimum atomic E-state index is 0.803. The summed E-state index contributed by atoms with van der Waals surface area (Å²) in [4.78, 5) is 0. The lowest BCUT2D eigenvalue weighted by atomic mass is 9.93. The summed E-state index contributed by atoms with van der Waals surface area (Å²) in [6.07, 6.45) is 12.7. The third-order valence-corrected chi connectivity index (χ3v) is 4.56. The smallest absolute Gasteiger partial charge is 0.0468 e. The summed E-state index contributed by atoms with van der Waals surface area (Å²) in [6, 6.07) is 0.803. The van der Waals surface area contributed by atoms with Gasteiger partial charge in [0.15, 0.2) is 0 Å². The van der Waals surface area contributed by atoms with Crippen LogP contribution >= 0.6 is 0 Å². The van der Waals surface area contributed by atoms with Crippen LogP contribution in [0.4, 0.5) is 0 Å².